The number of methoxy groups -OCH3 is 1. The van der Waals surface area contributed by atoms with Gasteiger partial charge in [0.1, 0.15) is 24.4 Å². The van der Waals surface area contributed by atoms with E-state index in [1.807, 2.05) is 31.2 Å². The summed E-state index contributed by atoms with van der Waals surface area (Å²) >= 11 is 0. The van der Waals surface area contributed by atoms with Crippen LogP contribution in [-0.4, -0.2) is 55.9 Å². The minimum Gasteiger partial charge on any atom is -0.425 e. The van der Waals surface area contributed by atoms with E-state index < -0.39 is 11.1 Å². The predicted octanol–water partition coefficient (Wildman–Crippen LogP) is 7.95. The summed E-state index contributed by atoms with van der Waals surface area (Å²) in [6, 6.07) is 7.26. The number of hydrogen-bond donors (Lipinski definition) is 1. The van der Waals surface area contributed by atoms with Gasteiger partial charge in [-0.3, -0.25) is 9.59 Å². The van der Waals surface area contributed by atoms with Crippen molar-refractivity contribution in [3.8, 4) is 5.75 Å². The molecule has 0 aliphatic rings. The monoisotopic (exact) mass is 678 g/mol. The molecule has 11 heteroatoms. The van der Waals surface area contributed by atoms with E-state index in [0.29, 0.717) is 43.7 Å². The van der Waals surface area contributed by atoms with E-state index in [2.05, 4.69) is 30.9 Å². The van der Waals surface area contributed by atoms with E-state index in [0.717, 1.165) is 56.4 Å². The van der Waals surface area contributed by atoms with E-state index in [-0.39, 0.29) is 19.1 Å². The summed E-state index contributed by atoms with van der Waals surface area (Å²) in [6.45, 7) is 9.16. The van der Waals surface area contributed by atoms with Gasteiger partial charge in [0, 0.05) is 32.8 Å². The molecule has 0 saturated heterocycles. The second-order valence-corrected chi connectivity index (χ2v) is 11.4. The summed E-state index contributed by atoms with van der Waals surface area (Å²) in [5.41, 5.74) is 1.11. The zero-order valence-electron chi connectivity index (χ0n) is 30.2. The Morgan fingerprint density at radius 3 is 2.17 bits per heavy atom. The summed E-state index contributed by atoms with van der Waals surface area (Å²) in [5, 5.41) is 11.2. The molecule has 0 radical (unpaired) electrons. The number of allylic oxidation sites excluding steroid dienone is 2. The summed E-state index contributed by atoms with van der Waals surface area (Å²) in [4.78, 5) is 57.8. The largest absolute Gasteiger partial charge is 0.425 e. The molecular weight excluding hydrogens is 616 g/mol. The molecule has 1 aromatic rings. The Balaban J connectivity index is 0. The number of benzene rings is 1. The van der Waals surface area contributed by atoms with Crippen molar-refractivity contribution in [1.82, 2.24) is 5.32 Å². The third-order valence-corrected chi connectivity index (χ3v) is 7.40. The second kappa shape index (κ2) is 34.7. The molecule has 0 atom stereocenters. The fraction of sp³-hybridized carbons (Fsp3) is 0.676. The molecule has 0 unspecified atom stereocenters. The molecule has 1 N–H and O–H groups in total. The molecule has 0 aliphatic heterocycles. The molecule has 0 bridgehead atoms. The van der Waals surface area contributed by atoms with Crippen LogP contribution in [0.25, 0.3) is 0 Å². The first-order chi connectivity index (χ1) is 23.2. The van der Waals surface area contributed by atoms with Crippen molar-refractivity contribution in [2.75, 3.05) is 26.9 Å². The quantitative estimate of drug-likeness (QED) is 0.0196. The summed E-state index contributed by atoms with van der Waals surface area (Å²) in [7, 11) is 1.66. The average molecular weight is 679 g/mol. The first kappa shape index (κ1) is 46.5. The SMILES string of the molecule is C/C=C\CCCC(=O)NCC(=O)Oc1ccc(CCOC)cc1.CCCCCCCC(=O)CCC(CC)CC.O=CCCCO[N+](=O)[O-]. The smallest absolute Gasteiger partial charge is 0.330 e. The number of aldehydes is 1. The third-order valence-electron chi connectivity index (χ3n) is 7.40. The van der Waals surface area contributed by atoms with Gasteiger partial charge in [-0.1, -0.05) is 83.6 Å². The Morgan fingerprint density at radius 1 is 0.896 bits per heavy atom. The van der Waals surface area contributed by atoms with Crippen LogP contribution < -0.4 is 10.1 Å². The van der Waals surface area contributed by atoms with Crippen molar-refractivity contribution in [3.05, 3.63) is 52.1 Å². The fourth-order valence-corrected chi connectivity index (χ4v) is 4.34. The highest BCUT2D eigenvalue weighted by molar-refractivity contribution is 5.82. The first-order valence-corrected chi connectivity index (χ1v) is 17.6. The van der Waals surface area contributed by atoms with E-state index in [1.165, 1.54) is 38.5 Å². The van der Waals surface area contributed by atoms with Gasteiger partial charge in [0.25, 0.3) is 5.09 Å². The van der Waals surface area contributed by atoms with Gasteiger partial charge in [-0.25, -0.2) is 4.79 Å². The molecule has 0 fully saturated rings. The van der Waals surface area contributed by atoms with Crippen LogP contribution in [-0.2, 0) is 35.2 Å². The highest BCUT2D eigenvalue weighted by Crippen LogP contribution is 2.16. The van der Waals surface area contributed by atoms with Gasteiger partial charge >= 0.3 is 5.97 Å². The number of carbonyl (C=O) groups excluding carboxylic acids is 4. The van der Waals surface area contributed by atoms with Crippen LogP contribution in [0.5, 0.6) is 5.75 Å². The number of amides is 1. The van der Waals surface area contributed by atoms with Gasteiger partial charge in [0.05, 0.1) is 13.2 Å². The van der Waals surface area contributed by atoms with Crippen LogP contribution in [0, 0.1) is 16.0 Å². The Hall–Kier alpha value is -3.60. The number of nitrogens with one attached hydrogen (secondary N) is 1. The summed E-state index contributed by atoms with van der Waals surface area (Å²) in [6.07, 6.45) is 19.7. The van der Waals surface area contributed by atoms with Crippen LogP contribution in [0.3, 0.4) is 0 Å². The topological polar surface area (TPSA) is 151 Å². The standard InChI is InChI=1S/C18H25NO4.C15H30O.C4H7NO4/c1-3-4-5-6-7-17(20)19-14-18(21)23-16-10-8-15(9-11-16)12-13-22-2;1-4-7-8-9-10-11-15(16)13-12-14(5-2)6-3;6-3-1-2-4-9-5(7)8/h3-4,8-11H,5-7,12-14H2,1-2H3,(H,19,20);14H,4-13H2,1-3H3;3H,1-2,4H2/b4-3-;;. The number of carbonyl (C=O) groups is 4. The molecule has 274 valence electrons. The highest BCUT2D eigenvalue weighted by atomic mass is 16.9. The van der Waals surface area contributed by atoms with Crippen LogP contribution in [0.1, 0.15) is 130 Å². The molecule has 1 rings (SSSR count). The van der Waals surface area contributed by atoms with Gasteiger partial charge in [0.2, 0.25) is 5.91 Å². The molecule has 11 nitrogen and oxygen atoms in total. The number of Topliss-reactive ketones (excluding diaryl/α,β-unsaturated/α-hetero) is 1. The molecule has 0 spiro atoms. The molecule has 1 aromatic carbocycles. The number of hydrogen-bond acceptors (Lipinski definition) is 9. The van der Waals surface area contributed by atoms with Gasteiger partial charge < -0.3 is 24.4 Å². The maximum Gasteiger partial charge on any atom is 0.330 e. The molecule has 0 heterocycles. The van der Waals surface area contributed by atoms with Crippen molar-refractivity contribution in [2.45, 2.75) is 130 Å². The van der Waals surface area contributed by atoms with Gasteiger partial charge in [-0.05, 0) is 69.1 Å². The number of ether oxygens (including phenoxy) is 2. The van der Waals surface area contributed by atoms with Crippen molar-refractivity contribution >= 4 is 23.9 Å². The summed E-state index contributed by atoms with van der Waals surface area (Å²) < 4.78 is 10.2. The molecule has 1 amide bonds. The van der Waals surface area contributed by atoms with Crippen LogP contribution in [0.4, 0.5) is 0 Å². The predicted molar refractivity (Wildman–Crippen MR) is 189 cm³/mol. The normalized spacial score (nSPS) is 10.4. The van der Waals surface area contributed by atoms with Crippen molar-refractivity contribution < 1.29 is 38.6 Å². The van der Waals surface area contributed by atoms with Gasteiger partial charge in [-0.15, -0.1) is 10.1 Å². The number of esters is 1. The van der Waals surface area contributed by atoms with E-state index in [1.54, 1.807) is 19.2 Å². The lowest BCUT2D eigenvalue weighted by Gasteiger charge is -2.10. The zero-order chi connectivity index (χ0) is 36.3. The minimum atomic E-state index is -0.870. The van der Waals surface area contributed by atoms with Crippen LogP contribution in [0.2, 0.25) is 0 Å². The number of rotatable bonds is 26. The van der Waals surface area contributed by atoms with Crippen molar-refractivity contribution in [3.63, 3.8) is 0 Å². The molecule has 0 saturated carbocycles. The molecule has 48 heavy (non-hydrogen) atoms. The van der Waals surface area contributed by atoms with Crippen LogP contribution in [0.15, 0.2) is 36.4 Å². The third kappa shape index (κ3) is 32.3. The van der Waals surface area contributed by atoms with E-state index >= 15 is 0 Å². The molecule has 0 aliphatic carbocycles. The van der Waals surface area contributed by atoms with E-state index in [4.69, 9.17) is 9.47 Å². The summed E-state index contributed by atoms with van der Waals surface area (Å²) in [5.74, 6) is 1.11. The number of ketones is 1. The highest BCUT2D eigenvalue weighted by Gasteiger charge is 2.09. The first-order valence-electron chi connectivity index (χ1n) is 17.6. The van der Waals surface area contributed by atoms with Crippen molar-refractivity contribution in [1.29, 1.82) is 0 Å². The Bertz CT molecular complexity index is 993. The minimum absolute atomic E-state index is 0.00569. The number of nitrogens with zero attached hydrogens (tertiary/aromatic N) is 1. The van der Waals surface area contributed by atoms with Crippen LogP contribution >= 0.6 is 0 Å². The Labute approximate surface area is 288 Å². The zero-order valence-corrected chi connectivity index (χ0v) is 30.2. The van der Waals surface area contributed by atoms with Gasteiger partial charge in [0.15, 0.2) is 0 Å². The second-order valence-electron chi connectivity index (χ2n) is 11.4. The van der Waals surface area contributed by atoms with E-state index in [9.17, 15) is 29.3 Å². The fourth-order valence-electron chi connectivity index (χ4n) is 4.34. The van der Waals surface area contributed by atoms with Gasteiger partial charge in [-0.2, -0.15) is 0 Å². The average Bonchev–Trinajstić information content (AvgIpc) is 3.08. The van der Waals surface area contributed by atoms with Crippen molar-refractivity contribution in [2.24, 2.45) is 5.92 Å². The Morgan fingerprint density at radius 2 is 1.58 bits per heavy atom. The maximum absolute atomic E-state index is 11.7. The lowest BCUT2D eigenvalue weighted by molar-refractivity contribution is -0.757. The lowest BCUT2D eigenvalue weighted by atomic mass is 9.95. The molecule has 0 aromatic heterocycles. The molecular formula is C37H62N2O9. The maximum atomic E-state index is 11.7. The Kier molecular flexibility index (Phi) is 33.7. The lowest BCUT2D eigenvalue weighted by Crippen LogP contribution is -2.31. The number of unbranched alkanes of at least 4 members (excludes halogenated alkanes) is 6.